The smallest absolute Gasteiger partial charge is 0.345 e. The number of rotatable bonds is 6. The van der Waals surface area contributed by atoms with Crippen molar-refractivity contribution in [3.63, 3.8) is 0 Å². The summed E-state index contributed by atoms with van der Waals surface area (Å²) >= 11 is 0. The van der Waals surface area contributed by atoms with E-state index in [0.717, 1.165) is 4.90 Å². The number of carbonyl (C=O) groups excluding carboxylic acids is 2. The largest absolute Gasteiger partial charge is 0.405 e. The van der Waals surface area contributed by atoms with E-state index in [9.17, 15) is 22.8 Å². The second kappa shape index (κ2) is 7.32. The van der Waals surface area contributed by atoms with Gasteiger partial charge in [0.25, 0.3) is 0 Å². The molecular weight excluding hydrogens is 263 g/mol. The van der Waals surface area contributed by atoms with Crippen LogP contribution < -0.4 is 11.1 Å². The van der Waals surface area contributed by atoms with Gasteiger partial charge in [-0.05, 0) is 5.92 Å². The van der Waals surface area contributed by atoms with E-state index in [4.69, 9.17) is 5.73 Å². The number of nitrogens with one attached hydrogen (secondary N) is 1. The maximum atomic E-state index is 11.9. The molecule has 0 aliphatic heterocycles. The minimum atomic E-state index is -4.47. The third kappa shape index (κ3) is 7.00. The van der Waals surface area contributed by atoms with Crippen molar-refractivity contribution < 1.29 is 22.8 Å². The van der Waals surface area contributed by atoms with Gasteiger partial charge in [-0.15, -0.1) is 0 Å². The Bertz CT molecular complexity index is 321. The van der Waals surface area contributed by atoms with E-state index in [-0.39, 0.29) is 5.92 Å². The molecule has 0 aliphatic rings. The van der Waals surface area contributed by atoms with Gasteiger partial charge < -0.3 is 16.0 Å². The van der Waals surface area contributed by atoms with Crippen LogP contribution in [-0.4, -0.2) is 49.1 Å². The fourth-order valence-corrected chi connectivity index (χ4v) is 1.30. The van der Waals surface area contributed by atoms with Crippen molar-refractivity contribution in [1.29, 1.82) is 0 Å². The fourth-order valence-electron chi connectivity index (χ4n) is 1.30. The van der Waals surface area contributed by atoms with Gasteiger partial charge in [0, 0.05) is 7.05 Å². The Morgan fingerprint density at radius 3 is 2.32 bits per heavy atom. The average molecular weight is 283 g/mol. The highest BCUT2D eigenvalue weighted by Crippen LogP contribution is 2.12. The summed E-state index contributed by atoms with van der Waals surface area (Å²) in [6, 6.07) is -0.759. The van der Waals surface area contributed by atoms with Crippen LogP contribution in [0.4, 0.5) is 13.2 Å². The molecule has 19 heavy (non-hydrogen) atoms. The Labute approximate surface area is 110 Å². The van der Waals surface area contributed by atoms with Crippen molar-refractivity contribution in [2.45, 2.75) is 32.5 Å². The Hall–Kier alpha value is -1.31. The number of nitrogens with zero attached hydrogens (tertiary/aromatic N) is 1. The molecule has 2 atom stereocenters. The normalized spacial score (nSPS) is 14.7. The van der Waals surface area contributed by atoms with Gasteiger partial charge in [0.1, 0.15) is 6.54 Å². The van der Waals surface area contributed by atoms with E-state index in [0.29, 0.717) is 6.42 Å². The summed E-state index contributed by atoms with van der Waals surface area (Å²) in [6.07, 6.45) is -3.77. The first-order valence-electron chi connectivity index (χ1n) is 5.92. The summed E-state index contributed by atoms with van der Waals surface area (Å²) in [4.78, 5) is 24.0. The predicted octanol–water partition coefficient (Wildman–Crippen LogP) is 0.497. The number of nitrogens with two attached hydrogens (primary N) is 1. The topological polar surface area (TPSA) is 75.4 Å². The number of amides is 2. The van der Waals surface area contributed by atoms with Gasteiger partial charge in [-0.1, -0.05) is 20.3 Å². The lowest BCUT2D eigenvalue weighted by atomic mass is 9.99. The zero-order chi connectivity index (χ0) is 15.2. The lowest BCUT2D eigenvalue weighted by Crippen LogP contribution is -2.49. The summed E-state index contributed by atoms with van der Waals surface area (Å²) in [6.45, 7) is 1.80. The van der Waals surface area contributed by atoms with Crippen molar-refractivity contribution in [1.82, 2.24) is 10.2 Å². The molecule has 8 heteroatoms. The number of hydrogen-bond acceptors (Lipinski definition) is 3. The molecule has 0 aromatic heterocycles. The molecule has 112 valence electrons. The average Bonchev–Trinajstić information content (AvgIpc) is 2.32. The van der Waals surface area contributed by atoms with E-state index in [2.05, 4.69) is 0 Å². The molecule has 0 aromatic rings. The molecule has 0 saturated carbocycles. The van der Waals surface area contributed by atoms with Crippen molar-refractivity contribution in [2.24, 2.45) is 11.7 Å². The molecule has 3 N–H and O–H groups in total. The fraction of sp³-hybridized carbons (Fsp3) is 0.818. The van der Waals surface area contributed by atoms with E-state index in [1.165, 1.54) is 7.05 Å². The van der Waals surface area contributed by atoms with Crippen LogP contribution in [0.5, 0.6) is 0 Å². The number of alkyl halides is 3. The van der Waals surface area contributed by atoms with Gasteiger partial charge in [0.2, 0.25) is 11.8 Å². The van der Waals surface area contributed by atoms with Crippen LogP contribution in [0.3, 0.4) is 0 Å². The molecule has 2 amide bonds. The molecule has 0 aromatic carbocycles. The summed E-state index contributed by atoms with van der Waals surface area (Å²) in [5, 5.41) is 1.69. The summed E-state index contributed by atoms with van der Waals surface area (Å²) in [5.41, 5.74) is 5.69. The lowest BCUT2D eigenvalue weighted by Gasteiger charge is -2.24. The number of carbonyl (C=O) groups is 2. The van der Waals surface area contributed by atoms with Crippen molar-refractivity contribution >= 4 is 11.8 Å². The first-order chi connectivity index (χ1) is 8.58. The molecule has 0 rings (SSSR count). The second-order valence-electron chi connectivity index (χ2n) is 4.50. The summed E-state index contributed by atoms with van der Waals surface area (Å²) < 4.78 is 35.6. The summed E-state index contributed by atoms with van der Waals surface area (Å²) in [7, 11) is 1.33. The third-order valence-corrected chi connectivity index (χ3v) is 2.79. The van der Waals surface area contributed by atoms with Gasteiger partial charge in [-0.2, -0.15) is 13.2 Å². The number of hydrogen-bond donors (Lipinski definition) is 2. The van der Waals surface area contributed by atoms with Crippen LogP contribution in [0, 0.1) is 5.92 Å². The maximum Gasteiger partial charge on any atom is 0.405 e. The standard InChI is InChI=1S/C11H20F3N3O2/c1-4-7(2)9(15)10(19)17(3)5-8(18)16-6-11(12,13)14/h7,9H,4-6,15H2,1-3H3,(H,16,18)/t7?,9-/m0/s1. The molecule has 0 aliphatic carbocycles. The van der Waals surface area contributed by atoms with E-state index >= 15 is 0 Å². The van der Waals surface area contributed by atoms with Crippen LogP contribution in [0.2, 0.25) is 0 Å². The van der Waals surface area contributed by atoms with Gasteiger partial charge in [-0.3, -0.25) is 9.59 Å². The van der Waals surface area contributed by atoms with Gasteiger partial charge >= 0.3 is 6.18 Å². The van der Waals surface area contributed by atoms with Crippen molar-refractivity contribution in [3.05, 3.63) is 0 Å². The number of likely N-dealkylation sites (N-methyl/N-ethyl adjacent to an activating group) is 1. The van der Waals surface area contributed by atoms with E-state index in [1.807, 2.05) is 6.92 Å². The van der Waals surface area contributed by atoms with Crippen LogP contribution in [0.15, 0.2) is 0 Å². The third-order valence-electron chi connectivity index (χ3n) is 2.79. The molecule has 0 saturated heterocycles. The predicted molar refractivity (Wildman–Crippen MR) is 64.1 cm³/mol. The van der Waals surface area contributed by atoms with Crippen LogP contribution >= 0.6 is 0 Å². The molecular formula is C11H20F3N3O2. The number of halogens is 3. The van der Waals surface area contributed by atoms with Gasteiger partial charge in [-0.25, -0.2) is 0 Å². The Kier molecular flexibility index (Phi) is 6.82. The maximum absolute atomic E-state index is 11.9. The summed E-state index contributed by atoms with van der Waals surface area (Å²) in [5.74, 6) is -1.39. The zero-order valence-electron chi connectivity index (χ0n) is 11.3. The Morgan fingerprint density at radius 1 is 1.37 bits per heavy atom. The first-order valence-corrected chi connectivity index (χ1v) is 5.92. The monoisotopic (exact) mass is 283 g/mol. The minimum absolute atomic E-state index is 0.0619. The molecule has 0 radical (unpaired) electrons. The molecule has 1 unspecified atom stereocenters. The molecule has 0 fully saturated rings. The van der Waals surface area contributed by atoms with Gasteiger partial charge in [0.05, 0.1) is 12.6 Å². The minimum Gasteiger partial charge on any atom is -0.345 e. The highest BCUT2D eigenvalue weighted by atomic mass is 19.4. The zero-order valence-corrected chi connectivity index (χ0v) is 11.3. The van der Waals surface area contributed by atoms with Crippen LogP contribution in [0.1, 0.15) is 20.3 Å². The van der Waals surface area contributed by atoms with Crippen molar-refractivity contribution in [2.75, 3.05) is 20.1 Å². The lowest BCUT2D eigenvalue weighted by molar-refractivity contribution is -0.142. The second-order valence-corrected chi connectivity index (χ2v) is 4.50. The SMILES string of the molecule is CCC(C)[C@H](N)C(=O)N(C)CC(=O)NCC(F)(F)F. The van der Waals surface area contributed by atoms with Gasteiger partial charge in [0.15, 0.2) is 0 Å². The highest BCUT2D eigenvalue weighted by molar-refractivity contribution is 5.87. The van der Waals surface area contributed by atoms with E-state index in [1.54, 1.807) is 12.2 Å². The van der Waals surface area contributed by atoms with Crippen molar-refractivity contribution in [3.8, 4) is 0 Å². The Balaban J connectivity index is 4.26. The molecule has 0 heterocycles. The quantitative estimate of drug-likeness (QED) is 0.745. The molecule has 0 spiro atoms. The molecule has 0 bridgehead atoms. The van der Waals surface area contributed by atoms with Crippen LogP contribution in [-0.2, 0) is 9.59 Å². The molecule has 5 nitrogen and oxygen atoms in total. The highest BCUT2D eigenvalue weighted by Gasteiger charge is 2.29. The Morgan fingerprint density at radius 2 is 1.89 bits per heavy atom. The van der Waals surface area contributed by atoms with Crippen LogP contribution in [0.25, 0.3) is 0 Å². The van der Waals surface area contributed by atoms with E-state index < -0.39 is 37.1 Å². The first kappa shape index (κ1) is 17.7.